The highest BCUT2D eigenvalue weighted by Gasteiger charge is 2.15. The molecule has 4 nitrogen and oxygen atoms in total. The fourth-order valence-corrected chi connectivity index (χ4v) is 1.65. The van der Waals surface area contributed by atoms with Crippen LogP contribution in [0.25, 0.3) is 0 Å². The van der Waals surface area contributed by atoms with E-state index in [0.29, 0.717) is 5.56 Å². The monoisotopic (exact) mass is 256 g/mol. The summed E-state index contributed by atoms with van der Waals surface area (Å²) in [6.45, 7) is 5.44. The van der Waals surface area contributed by atoms with Gasteiger partial charge in [-0.15, -0.1) is 6.42 Å². The van der Waals surface area contributed by atoms with Gasteiger partial charge in [-0.2, -0.15) is 5.26 Å². The third-order valence-electron chi connectivity index (χ3n) is 2.44. The quantitative estimate of drug-likeness (QED) is 0.661. The molecule has 0 aliphatic heterocycles. The van der Waals surface area contributed by atoms with Crippen molar-refractivity contribution in [2.75, 3.05) is 0 Å². The summed E-state index contributed by atoms with van der Waals surface area (Å²) in [6.07, 6.45) is 3.57. The summed E-state index contributed by atoms with van der Waals surface area (Å²) in [5, 5.41) is 11.4. The van der Waals surface area contributed by atoms with E-state index in [1.807, 2.05) is 26.0 Å². The van der Waals surface area contributed by atoms with Gasteiger partial charge in [0, 0.05) is 5.56 Å². The average molecular weight is 256 g/mol. The first-order chi connectivity index (χ1) is 8.96. The predicted molar refractivity (Wildman–Crippen MR) is 72.2 cm³/mol. The molecule has 0 bridgehead atoms. The van der Waals surface area contributed by atoms with Crippen LogP contribution in [-0.4, -0.2) is 18.2 Å². The van der Waals surface area contributed by atoms with Gasteiger partial charge in [-0.3, -0.25) is 4.79 Å². The molecule has 0 saturated heterocycles. The third kappa shape index (κ3) is 4.46. The van der Waals surface area contributed by atoms with E-state index < -0.39 is 12.3 Å². The number of ether oxygens (including phenoxy) is 1. The van der Waals surface area contributed by atoms with Crippen LogP contribution in [0, 0.1) is 37.5 Å². The fourth-order valence-electron chi connectivity index (χ4n) is 1.65. The minimum atomic E-state index is -1.06. The standard InChI is InChI=1S/C15H16N2O2/c1-5-12(4)19-14(9-16)17-15(18)13-7-10(2)6-11(3)8-13/h1,6-8,12,14H,2-4H3,(H,17,18). The normalized spacial score (nSPS) is 12.9. The second kappa shape index (κ2) is 6.58. The molecule has 1 N–H and O–H groups in total. The van der Waals surface area contributed by atoms with Crippen molar-refractivity contribution < 1.29 is 9.53 Å². The van der Waals surface area contributed by atoms with E-state index in [1.165, 1.54) is 0 Å². The number of aryl methyl sites for hydroxylation is 2. The number of hydrogen-bond donors (Lipinski definition) is 1. The van der Waals surface area contributed by atoms with Gasteiger partial charge >= 0.3 is 0 Å². The van der Waals surface area contributed by atoms with E-state index >= 15 is 0 Å². The van der Waals surface area contributed by atoms with Crippen molar-refractivity contribution in [1.82, 2.24) is 5.32 Å². The Morgan fingerprint density at radius 2 is 1.95 bits per heavy atom. The average Bonchev–Trinajstić information content (AvgIpc) is 2.36. The van der Waals surface area contributed by atoms with Crippen molar-refractivity contribution in [2.45, 2.75) is 33.1 Å². The van der Waals surface area contributed by atoms with Crippen molar-refractivity contribution in [2.24, 2.45) is 0 Å². The van der Waals surface area contributed by atoms with Gasteiger partial charge in [-0.05, 0) is 32.9 Å². The molecular formula is C15H16N2O2. The molecule has 0 spiro atoms. The number of amides is 1. The van der Waals surface area contributed by atoms with Crippen LogP contribution < -0.4 is 5.32 Å². The Kier molecular flexibility index (Phi) is 5.11. The van der Waals surface area contributed by atoms with Crippen LogP contribution >= 0.6 is 0 Å². The molecule has 0 fully saturated rings. The van der Waals surface area contributed by atoms with Crippen LogP contribution in [0.1, 0.15) is 28.4 Å². The molecule has 0 aromatic heterocycles. The molecular weight excluding hydrogens is 240 g/mol. The summed E-state index contributed by atoms with van der Waals surface area (Å²) >= 11 is 0. The molecule has 2 unspecified atom stereocenters. The summed E-state index contributed by atoms with van der Waals surface area (Å²) < 4.78 is 5.17. The van der Waals surface area contributed by atoms with Crippen molar-refractivity contribution >= 4 is 5.91 Å². The van der Waals surface area contributed by atoms with E-state index in [2.05, 4.69) is 11.2 Å². The van der Waals surface area contributed by atoms with E-state index in [1.54, 1.807) is 19.1 Å². The zero-order valence-electron chi connectivity index (χ0n) is 11.2. The first kappa shape index (κ1) is 14.8. The fraction of sp³-hybridized carbons (Fsp3) is 0.333. The number of terminal acetylenes is 1. The minimum Gasteiger partial charge on any atom is -0.329 e. The molecule has 98 valence electrons. The largest absolute Gasteiger partial charge is 0.329 e. The van der Waals surface area contributed by atoms with Gasteiger partial charge in [0.1, 0.15) is 12.2 Å². The first-order valence-electron chi connectivity index (χ1n) is 5.86. The van der Waals surface area contributed by atoms with Crippen molar-refractivity contribution in [3.05, 3.63) is 34.9 Å². The molecule has 2 atom stereocenters. The number of nitriles is 1. The van der Waals surface area contributed by atoms with Gasteiger partial charge in [0.25, 0.3) is 5.91 Å². The summed E-state index contributed by atoms with van der Waals surface area (Å²) in [5.74, 6) is 1.98. The molecule has 1 aromatic carbocycles. The molecule has 0 heterocycles. The number of rotatable bonds is 4. The Bertz CT molecular complexity index is 532. The third-order valence-corrected chi connectivity index (χ3v) is 2.44. The Morgan fingerprint density at radius 3 is 2.42 bits per heavy atom. The number of hydrogen-bond acceptors (Lipinski definition) is 3. The Morgan fingerprint density at radius 1 is 1.37 bits per heavy atom. The Labute approximate surface area is 113 Å². The zero-order valence-corrected chi connectivity index (χ0v) is 11.2. The lowest BCUT2D eigenvalue weighted by atomic mass is 10.1. The SMILES string of the molecule is C#CC(C)OC(C#N)NC(=O)c1cc(C)cc(C)c1. The van der Waals surface area contributed by atoms with Crippen LogP contribution in [0.4, 0.5) is 0 Å². The zero-order chi connectivity index (χ0) is 14.4. The lowest BCUT2D eigenvalue weighted by molar-refractivity contribution is 0.0376. The van der Waals surface area contributed by atoms with Gasteiger partial charge in [0.15, 0.2) is 0 Å². The first-order valence-corrected chi connectivity index (χ1v) is 5.86. The van der Waals surface area contributed by atoms with Crippen molar-refractivity contribution in [1.29, 1.82) is 5.26 Å². The van der Waals surface area contributed by atoms with Gasteiger partial charge in [-0.25, -0.2) is 0 Å². The topological polar surface area (TPSA) is 62.1 Å². The van der Waals surface area contributed by atoms with Gasteiger partial charge in [0.05, 0.1) is 0 Å². The van der Waals surface area contributed by atoms with Crippen LogP contribution in [0.2, 0.25) is 0 Å². The summed E-state index contributed by atoms with van der Waals surface area (Å²) in [6, 6.07) is 7.32. The predicted octanol–water partition coefficient (Wildman–Crippen LogP) is 1.92. The Balaban J connectivity index is 2.78. The molecule has 1 amide bonds. The highest BCUT2D eigenvalue weighted by atomic mass is 16.5. The molecule has 0 aliphatic carbocycles. The van der Waals surface area contributed by atoms with Gasteiger partial charge < -0.3 is 10.1 Å². The summed E-state index contributed by atoms with van der Waals surface area (Å²) in [4.78, 5) is 12.0. The number of carbonyl (C=O) groups excluding carboxylic acids is 1. The molecule has 0 aliphatic rings. The van der Waals surface area contributed by atoms with Gasteiger partial charge in [0.2, 0.25) is 6.23 Å². The maximum absolute atomic E-state index is 12.0. The lowest BCUT2D eigenvalue weighted by Crippen LogP contribution is -2.37. The molecule has 0 saturated carbocycles. The maximum atomic E-state index is 12.0. The second-order valence-corrected chi connectivity index (χ2v) is 4.30. The van der Waals surface area contributed by atoms with Crippen LogP contribution in [-0.2, 0) is 4.74 Å². The second-order valence-electron chi connectivity index (χ2n) is 4.30. The van der Waals surface area contributed by atoms with E-state index in [0.717, 1.165) is 11.1 Å². The van der Waals surface area contributed by atoms with E-state index in [4.69, 9.17) is 16.4 Å². The number of benzene rings is 1. The summed E-state index contributed by atoms with van der Waals surface area (Å²) in [7, 11) is 0. The summed E-state index contributed by atoms with van der Waals surface area (Å²) in [5.41, 5.74) is 2.46. The number of nitrogens with zero attached hydrogens (tertiary/aromatic N) is 1. The van der Waals surface area contributed by atoms with Crippen molar-refractivity contribution in [3.8, 4) is 18.4 Å². The lowest BCUT2D eigenvalue weighted by Gasteiger charge is -2.15. The molecule has 19 heavy (non-hydrogen) atoms. The van der Waals surface area contributed by atoms with E-state index in [9.17, 15) is 4.79 Å². The number of nitrogens with one attached hydrogen (secondary N) is 1. The molecule has 1 rings (SSSR count). The van der Waals surface area contributed by atoms with E-state index in [-0.39, 0.29) is 5.91 Å². The highest BCUT2D eigenvalue weighted by molar-refractivity contribution is 5.94. The Hall–Kier alpha value is -2.30. The van der Waals surface area contributed by atoms with Crippen LogP contribution in [0.5, 0.6) is 0 Å². The highest BCUT2D eigenvalue weighted by Crippen LogP contribution is 2.09. The molecule has 4 heteroatoms. The smallest absolute Gasteiger partial charge is 0.254 e. The van der Waals surface area contributed by atoms with Crippen molar-refractivity contribution in [3.63, 3.8) is 0 Å². The van der Waals surface area contributed by atoms with Crippen LogP contribution in [0.15, 0.2) is 18.2 Å². The number of carbonyl (C=O) groups is 1. The maximum Gasteiger partial charge on any atom is 0.254 e. The minimum absolute atomic E-state index is 0.359. The molecule has 1 aromatic rings. The molecule has 0 radical (unpaired) electrons. The van der Waals surface area contributed by atoms with Gasteiger partial charge in [-0.1, -0.05) is 23.1 Å². The van der Waals surface area contributed by atoms with Crippen LogP contribution in [0.3, 0.4) is 0 Å².